The molecule has 1 aromatic rings. The van der Waals surface area contributed by atoms with Gasteiger partial charge < -0.3 is 10.4 Å². The van der Waals surface area contributed by atoms with Crippen LogP contribution in [0.5, 0.6) is 0 Å². The average molecular weight is 233 g/mol. The summed E-state index contributed by atoms with van der Waals surface area (Å²) in [5, 5.41) is 11.9. The van der Waals surface area contributed by atoms with Gasteiger partial charge in [0.05, 0.1) is 12.6 Å². The number of nitrogens with one attached hydrogen (secondary N) is 1. The highest BCUT2D eigenvalue weighted by Crippen LogP contribution is 2.02. The van der Waals surface area contributed by atoms with E-state index in [2.05, 4.69) is 5.32 Å². The number of amides is 1. The second-order valence-electron chi connectivity index (χ2n) is 4.29. The number of carbonyl (C=O) groups is 1. The highest BCUT2D eigenvalue weighted by Gasteiger charge is 2.12. The summed E-state index contributed by atoms with van der Waals surface area (Å²) in [6.45, 7) is 3.88. The molecule has 3 nitrogen and oxygen atoms in total. The molecule has 0 spiro atoms. The predicted molar refractivity (Wildman–Crippen MR) is 69.3 cm³/mol. The molecule has 0 saturated heterocycles. The van der Waals surface area contributed by atoms with Crippen LogP contribution >= 0.6 is 0 Å². The third-order valence-corrected chi connectivity index (χ3v) is 2.56. The van der Waals surface area contributed by atoms with Gasteiger partial charge in [-0.25, -0.2) is 0 Å². The van der Waals surface area contributed by atoms with Gasteiger partial charge in [0.1, 0.15) is 0 Å². The lowest BCUT2D eigenvalue weighted by atomic mass is 10.1. The van der Waals surface area contributed by atoms with Gasteiger partial charge in [0.25, 0.3) is 0 Å². The highest BCUT2D eigenvalue weighted by atomic mass is 16.3. The first-order chi connectivity index (χ1) is 8.13. The molecule has 0 fully saturated rings. The molecule has 0 bridgehead atoms. The number of hydrogen-bond acceptors (Lipinski definition) is 2. The standard InChI is InChI=1S/C14H19NO2/c1-11(2)13(10-16)15-14(17)9-8-12-6-4-3-5-7-12/h3-9,11,13,16H,10H2,1-2H3,(H,15,17)/t13-/m1/s1. The Bertz CT molecular complexity index is 371. The summed E-state index contributed by atoms with van der Waals surface area (Å²) in [6.07, 6.45) is 3.24. The average Bonchev–Trinajstić information content (AvgIpc) is 2.34. The number of benzene rings is 1. The molecule has 0 saturated carbocycles. The minimum atomic E-state index is -0.192. The quantitative estimate of drug-likeness (QED) is 0.762. The van der Waals surface area contributed by atoms with Crippen LogP contribution in [0.1, 0.15) is 19.4 Å². The van der Waals surface area contributed by atoms with Gasteiger partial charge in [0, 0.05) is 6.08 Å². The Morgan fingerprint density at radius 3 is 2.53 bits per heavy atom. The summed E-state index contributed by atoms with van der Waals surface area (Å²) < 4.78 is 0. The molecule has 0 aliphatic heterocycles. The lowest BCUT2D eigenvalue weighted by Gasteiger charge is -2.18. The van der Waals surface area contributed by atoms with Crippen LogP contribution in [-0.2, 0) is 4.79 Å². The minimum absolute atomic E-state index is 0.0391. The van der Waals surface area contributed by atoms with Gasteiger partial charge >= 0.3 is 0 Å². The first-order valence-electron chi connectivity index (χ1n) is 5.78. The fourth-order valence-corrected chi connectivity index (χ4v) is 1.39. The summed E-state index contributed by atoms with van der Waals surface area (Å²) in [4.78, 5) is 11.6. The Balaban J connectivity index is 2.52. The smallest absolute Gasteiger partial charge is 0.244 e. The van der Waals surface area contributed by atoms with Crippen LogP contribution in [-0.4, -0.2) is 23.7 Å². The van der Waals surface area contributed by atoms with Crippen molar-refractivity contribution in [2.75, 3.05) is 6.61 Å². The van der Waals surface area contributed by atoms with Crippen LogP contribution in [0.15, 0.2) is 36.4 Å². The normalized spacial score (nSPS) is 12.9. The molecule has 2 N–H and O–H groups in total. The van der Waals surface area contributed by atoms with Crippen molar-refractivity contribution in [1.29, 1.82) is 0 Å². The molecule has 0 aromatic heterocycles. The van der Waals surface area contributed by atoms with Crippen LogP contribution in [0.25, 0.3) is 6.08 Å². The molecule has 0 aliphatic rings. The Kier molecular flexibility index (Phi) is 5.43. The van der Waals surface area contributed by atoms with Gasteiger partial charge in [-0.3, -0.25) is 4.79 Å². The van der Waals surface area contributed by atoms with Crippen LogP contribution in [0, 0.1) is 5.92 Å². The zero-order chi connectivity index (χ0) is 12.7. The fourth-order valence-electron chi connectivity index (χ4n) is 1.39. The van der Waals surface area contributed by atoms with Gasteiger partial charge in [-0.1, -0.05) is 44.2 Å². The van der Waals surface area contributed by atoms with E-state index < -0.39 is 0 Å². The van der Waals surface area contributed by atoms with E-state index >= 15 is 0 Å². The summed E-state index contributed by atoms with van der Waals surface area (Å²) in [7, 11) is 0. The van der Waals surface area contributed by atoms with Crippen molar-refractivity contribution in [2.45, 2.75) is 19.9 Å². The van der Waals surface area contributed by atoms with Gasteiger partial charge in [0.2, 0.25) is 5.91 Å². The van der Waals surface area contributed by atoms with Crippen LogP contribution in [0.3, 0.4) is 0 Å². The molecule has 0 radical (unpaired) electrons. The van der Waals surface area contributed by atoms with E-state index in [-0.39, 0.29) is 24.5 Å². The fraction of sp³-hybridized carbons (Fsp3) is 0.357. The van der Waals surface area contributed by atoms with Crippen molar-refractivity contribution in [2.24, 2.45) is 5.92 Å². The first kappa shape index (κ1) is 13.5. The molecule has 3 heteroatoms. The van der Waals surface area contributed by atoms with E-state index in [0.29, 0.717) is 0 Å². The maximum atomic E-state index is 11.6. The van der Waals surface area contributed by atoms with Gasteiger partial charge in [0.15, 0.2) is 0 Å². The van der Waals surface area contributed by atoms with Gasteiger partial charge in [-0.05, 0) is 17.6 Å². The van der Waals surface area contributed by atoms with Gasteiger partial charge in [-0.15, -0.1) is 0 Å². The number of aliphatic hydroxyl groups is 1. The Hall–Kier alpha value is -1.61. The molecular weight excluding hydrogens is 214 g/mol. The molecule has 1 atom stereocenters. The molecule has 0 heterocycles. The van der Waals surface area contributed by atoms with E-state index in [1.807, 2.05) is 44.2 Å². The largest absolute Gasteiger partial charge is 0.394 e. The number of aliphatic hydroxyl groups excluding tert-OH is 1. The monoisotopic (exact) mass is 233 g/mol. The Morgan fingerprint density at radius 2 is 2.00 bits per heavy atom. The Labute approximate surface area is 102 Å². The molecular formula is C14H19NO2. The Morgan fingerprint density at radius 1 is 1.35 bits per heavy atom. The number of rotatable bonds is 5. The van der Waals surface area contributed by atoms with E-state index in [9.17, 15) is 4.79 Å². The number of carbonyl (C=O) groups excluding carboxylic acids is 1. The predicted octanol–water partition coefficient (Wildman–Crippen LogP) is 1.83. The second kappa shape index (κ2) is 6.86. The molecule has 0 aliphatic carbocycles. The summed E-state index contributed by atoms with van der Waals surface area (Å²) in [6, 6.07) is 9.43. The minimum Gasteiger partial charge on any atom is -0.394 e. The highest BCUT2D eigenvalue weighted by molar-refractivity contribution is 5.91. The zero-order valence-electron chi connectivity index (χ0n) is 10.3. The molecule has 92 valence electrons. The first-order valence-corrected chi connectivity index (χ1v) is 5.78. The maximum Gasteiger partial charge on any atom is 0.244 e. The van der Waals surface area contributed by atoms with E-state index in [1.165, 1.54) is 6.08 Å². The van der Waals surface area contributed by atoms with E-state index in [0.717, 1.165) is 5.56 Å². The summed E-state index contributed by atoms with van der Waals surface area (Å²) >= 11 is 0. The maximum absolute atomic E-state index is 11.6. The SMILES string of the molecule is CC(C)[C@@H](CO)NC(=O)C=Cc1ccccc1. The lowest BCUT2D eigenvalue weighted by Crippen LogP contribution is -2.40. The lowest BCUT2D eigenvalue weighted by molar-refractivity contribution is -0.117. The molecule has 17 heavy (non-hydrogen) atoms. The van der Waals surface area contributed by atoms with Crippen LogP contribution in [0.4, 0.5) is 0 Å². The molecule has 0 unspecified atom stereocenters. The van der Waals surface area contributed by atoms with Crippen molar-refractivity contribution in [1.82, 2.24) is 5.32 Å². The molecule has 1 aromatic carbocycles. The van der Waals surface area contributed by atoms with Crippen molar-refractivity contribution >= 4 is 12.0 Å². The number of hydrogen-bond donors (Lipinski definition) is 2. The zero-order valence-corrected chi connectivity index (χ0v) is 10.3. The molecule has 1 amide bonds. The van der Waals surface area contributed by atoms with Crippen molar-refractivity contribution in [3.05, 3.63) is 42.0 Å². The van der Waals surface area contributed by atoms with E-state index in [4.69, 9.17) is 5.11 Å². The van der Waals surface area contributed by atoms with Crippen molar-refractivity contribution < 1.29 is 9.90 Å². The summed E-state index contributed by atoms with van der Waals surface area (Å²) in [5.41, 5.74) is 0.979. The summed E-state index contributed by atoms with van der Waals surface area (Å²) in [5.74, 6) is 0.0377. The topological polar surface area (TPSA) is 49.3 Å². The van der Waals surface area contributed by atoms with Crippen molar-refractivity contribution in [3.8, 4) is 0 Å². The third kappa shape index (κ3) is 4.83. The van der Waals surface area contributed by atoms with Crippen LogP contribution < -0.4 is 5.32 Å². The third-order valence-electron chi connectivity index (χ3n) is 2.56. The van der Waals surface area contributed by atoms with Gasteiger partial charge in [-0.2, -0.15) is 0 Å². The molecule has 1 rings (SSSR count). The van der Waals surface area contributed by atoms with E-state index in [1.54, 1.807) is 6.08 Å². The van der Waals surface area contributed by atoms with Crippen molar-refractivity contribution in [3.63, 3.8) is 0 Å². The van der Waals surface area contributed by atoms with Crippen LogP contribution in [0.2, 0.25) is 0 Å². The second-order valence-corrected chi connectivity index (χ2v) is 4.29.